The van der Waals surface area contributed by atoms with Crippen molar-refractivity contribution in [2.75, 3.05) is 24.6 Å². The number of aliphatic carboxylic acids is 1. The van der Waals surface area contributed by atoms with Crippen molar-refractivity contribution in [1.82, 2.24) is 5.32 Å². The normalized spacial score (nSPS) is 22.8. The Morgan fingerprint density at radius 3 is 2.42 bits per heavy atom. The third kappa shape index (κ3) is 6.53. The number of benzene rings is 3. The number of hydrogen-bond acceptors (Lipinski definition) is 6. The van der Waals surface area contributed by atoms with Crippen molar-refractivity contribution in [1.29, 1.82) is 0 Å². The number of ether oxygens (including phenoxy) is 1. The molecule has 3 aromatic rings. The van der Waals surface area contributed by atoms with Gasteiger partial charge in [0.2, 0.25) is 0 Å². The molecule has 0 radical (unpaired) electrons. The smallest absolute Gasteiger partial charge is 0.321 e. The summed E-state index contributed by atoms with van der Waals surface area (Å²) in [6.07, 6.45) is -1.22. The number of fused-ring (bicyclic) bond motifs is 2. The van der Waals surface area contributed by atoms with Gasteiger partial charge in [0.25, 0.3) is 5.91 Å². The fourth-order valence-electron chi connectivity index (χ4n) is 5.29. The lowest BCUT2D eigenvalue weighted by atomic mass is 9.93. The highest BCUT2D eigenvalue weighted by molar-refractivity contribution is 6.30. The Balaban J connectivity index is 0.000000259. The maximum Gasteiger partial charge on any atom is 0.321 e. The quantitative estimate of drug-likeness (QED) is 0.422. The van der Waals surface area contributed by atoms with E-state index in [1.165, 1.54) is 6.92 Å². The van der Waals surface area contributed by atoms with Gasteiger partial charge in [-0.2, -0.15) is 0 Å². The van der Waals surface area contributed by atoms with E-state index in [9.17, 15) is 19.5 Å². The number of carboxylic acid groups (broad SMARTS) is 1. The molecule has 1 fully saturated rings. The van der Waals surface area contributed by atoms with Gasteiger partial charge in [0, 0.05) is 29.4 Å². The summed E-state index contributed by atoms with van der Waals surface area (Å²) in [5, 5.41) is 23.3. The van der Waals surface area contributed by atoms with Crippen LogP contribution in [-0.2, 0) is 19.1 Å². The Bertz CT molecular complexity index is 1410. The lowest BCUT2D eigenvalue weighted by Crippen LogP contribution is -2.39. The zero-order valence-electron chi connectivity index (χ0n) is 23.1. The summed E-state index contributed by atoms with van der Waals surface area (Å²) in [5.41, 5.74) is 2.82. The van der Waals surface area contributed by atoms with Crippen LogP contribution in [0.5, 0.6) is 0 Å². The highest BCUT2D eigenvalue weighted by Crippen LogP contribution is 2.40. The van der Waals surface area contributed by atoms with Crippen molar-refractivity contribution in [3.63, 3.8) is 0 Å². The predicted molar refractivity (Wildman–Crippen MR) is 155 cm³/mol. The Labute approximate surface area is 238 Å². The van der Waals surface area contributed by atoms with Gasteiger partial charge in [-0.3, -0.25) is 14.4 Å². The van der Waals surface area contributed by atoms with Crippen molar-refractivity contribution in [3.05, 3.63) is 76.8 Å². The van der Waals surface area contributed by atoms with Crippen LogP contribution in [0.15, 0.2) is 60.7 Å². The highest BCUT2D eigenvalue weighted by Gasteiger charge is 2.42. The molecule has 2 aliphatic heterocycles. The first-order valence-electron chi connectivity index (χ1n) is 13.2. The molecule has 3 N–H and O–H groups in total. The van der Waals surface area contributed by atoms with Crippen LogP contribution in [-0.4, -0.2) is 59.7 Å². The molecule has 1 unspecified atom stereocenters. The molecule has 0 spiro atoms. The van der Waals surface area contributed by atoms with Crippen LogP contribution < -0.4 is 10.2 Å². The zero-order chi connectivity index (χ0) is 29.2. The number of hydrogen-bond donors (Lipinski definition) is 3. The number of aliphatic hydroxyl groups excluding tert-OH is 1. The van der Waals surface area contributed by atoms with Crippen LogP contribution in [0, 0.1) is 11.3 Å². The topological polar surface area (TPSA) is 116 Å². The molecule has 2 heterocycles. The summed E-state index contributed by atoms with van der Waals surface area (Å²) in [4.78, 5) is 36.2. The summed E-state index contributed by atoms with van der Waals surface area (Å²) < 4.78 is 6.19. The summed E-state index contributed by atoms with van der Waals surface area (Å²) in [5.74, 6) is -2.21. The lowest BCUT2D eigenvalue weighted by Gasteiger charge is -2.30. The number of rotatable bonds is 4. The first-order valence-corrected chi connectivity index (χ1v) is 13.6. The Morgan fingerprint density at radius 1 is 1.07 bits per heavy atom. The number of amides is 1. The van der Waals surface area contributed by atoms with Crippen LogP contribution in [0.25, 0.3) is 10.8 Å². The van der Waals surface area contributed by atoms with Crippen molar-refractivity contribution in [2.24, 2.45) is 11.3 Å². The first kappa shape index (κ1) is 29.7. The van der Waals surface area contributed by atoms with E-state index in [1.807, 2.05) is 41.3 Å². The number of ketones is 1. The van der Waals surface area contributed by atoms with E-state index in [4.69, 9.17) is 21.4 Å². The average Bonchev–Trinajstić information content (AvgIpc) is 3.24. The van der Waals surface area contributed by atoms with Crippen LogP contribution in [0.2, 0.25) is 5.02 Å². The number of nitrogens with one attached hydrogen (secondary N) is 1. The molecule has 0 bridgehead atoms. The molecular weight excluding hydrogens is 532 g/mol. The summed E-state index contributed by atoms with van der Waals surface area (Å²) in [7, 11) is 0. The molecule has 0 aliphatic carbocycles. The SMILES string of the molecule is CC(=O)[C@@H]1[C@@H](O)CN[C@H]1C(=O)O.CC(C)(C)CN1C(=O)COC(c2cccc3ccccc23)c2cc(Cl)ccc21. The minimum absolute atomic E-state index is 0.0266. The largest absolute Gasteiger partial charge is 0.480 e. The van der Waals surface area contributed by atoms with Gasteiger partial charge in [0.15, 0.2) is 0 Å². The number of β-amino-alcohol motifs (C(OH)–C–C–N with tert-alkyl or cyclic N) is 1. The second-order valence-electron chi connectivity index (χ2n) is 11.4. The van der Waals surface area contributed by atoms with Gasteiger partial charge in [-0.25, -0.2) is 0 Å². The molecule has 8 nitrogen and oxygen atoms in total. The van der Waals surface area contributed by atoms with Crippen LogP contribution in [0.4, 0.5) is 5.69 Å². The predicted octanol–water partition coefficient (Wildman–Crippen LogP) is 4.60. The molecule has 212 valence electrons. The minimum atomic E-state index is -1.09. The maximum absolute atomic E-state index is 12.9. The fourth-order valence-corrected chi connectivity index (χ4v) is 5.47. The van der Waals surface area contributed by atoms with E-state index in [-0.39, 0.29) is 36.4 Å². The van der Waals surface area contributed by atoms with Crippen LogP contribution >= 0.6 is 11.6 Å². The van der Waals surface area contributed by atoms with Crippen LogP contribution in [0.1, 0.15) is 44.9 Å². The number of carbonyl (C=O) groups is 3. The molecule has 3 aromatic carbocycles. The standard InChI is InChI=1S/C24H24ClNO2.C7H11NO4/c1-24(2,3)15-26-21-12-11-17(25)13-20(21)23(28-14-22(26)27)19-10-6-8-16-7-4-5-9-18(16)19;1-3(9)5-4(10)2-8-6(5)7(11)12/h4-13,23H,14-15H2,1-3H3;4-6,8,10H,2H2,1H3,(H,11,12)/t;4-,5+,6+/m.0/s1. The van der Waals surface area contributed by atoms with Gasteiger partial charge in [-0.15, -0.1) is 0 Å². The minimum Gasteiger partial charge on any atom is -0.480 e. The molecule has 4 atom stereocenters. The molecule has 9 heteroatoms. The molecule has 5 rings (SSSR count). The van der Waals surface area contributed by atoms with E-state index < -0.39 is 24.0 Å². The maximum atomic E-state index is 12.9. The number of carboxylic acids is 1. The number of aliphatic hydroxyl groups is 1. The number of halogens is 1. The summed E-state index contributed by atoms with van der Waals surface area (Å²) >= 11 is 6.36. The third-order valence-corrected chi connectivity index (χ3v) is 7.27. The molecule has 1 amide bonds. The number of anilines is 1. The number of nitrogens with zero attached hydrogens (tertiary/aromatic N) is 1. The molecule has 0 aromatic heterocycles. The Morgan fingerprint density at radius 2 is 1.77 bits per heavy atom. The molecular formula is C31H35ClN2O6. The van der Waals surface area contributed by atoms with Crippen molar-refractivity contribution >= 4 is 45.7 Å². The molecule has 40 heavy (non-hydrogen) atoms. The fraction of sp³-hybridized carbons (Fsp3) is 0.387. The van der Waals surface area contributed by atoms with Crippen molar-refractivity contribution in [2.45, 2.75) is 45.9 Å². The third-order valence-electron chi connectivity index (χ3n) is 7.03. The number of Topliss-reactive ketones (excluding diaryl/α,β-unsaturated/α-hetero) is 1. The molecule has 0 saturated carbocycles. The first-order chi connectivity index (χ1) is 18.9. The van der Waals surface area contributed by atoms with Gasteiger partial charge < -0.3 is 25.2 Å². The van der Waals surface area contributed by atoms with Gasteiger partial charge in [0.1, 0.15) is 24.5 Å². The van der Waals surface area contributed by atoms with Crippen molar-refractivity contribution in [3.8, 4) is 0 Å². The van der Waals surface area contributed by atoms with E-state index in [0.717, 1.165) is 27.6 Å². The second kappa shape index (κ2) is 12.1. The van der Waals surface area contributed by atoms with Gasteiger partial charge >= 0.3 is 5.97 Å². The number of carbonyl (C=O) groups excluding carboxylic acids is 2. The lowest BCUT2D eigenvalue weighted by molar-refractivity contribution is -0.143. The molecule has 2 aliphatic rings. The Kier molecular flexibility index (Phi) is 8.95. The monoisotopic (exact) mass is 566 g/mol. The van der Waals surface area contributed by atoms with Crippen LogP contribution in [0.3, 0.4) is 0 Å². The van der Waals surface area contributed by atoms with Gasteiger partial charge in [0.05, 0.1) is 12.0 Å². The van der Waals surface area contributed by atoms with E-state index in [0.29, 0.717) is 11.6 Å². The highest BCUT2D eigenvalue weighted by atomic mass is 35.5. The van der Waals surface area contributed by atoms with E-state index in [1.54, 1.807) is 0 Å². The second-order valence-corrected chi connectivity index (χ2v) is 11.9. The zero-order valence-corrected chi connectivity index (χ0v) is 23.8. The summed E-state index contributed by atoms with van der Waals surface area (Å²) in [6, 6.07) is 19.2. The van der Waals surface area contributed by atoms with Gasteiger partial charge in [-0.1, -0.05) is 74.8 Å². The van der Waals surface area contributed by atoms with Crippen molar-refractivity contribution < 1.29 is 29.3 Å². The Hall–Kier alpha value is -3.30. The summed E-state index contributed by atoms with van der Waals surface area (Å²) in [6.45, 7) is 8.50. The molecule has 1 saturated heterocycles. The van der Waals surface area contributed by atoms with E-state index in [2.05, 4.69) is 50.4 Å². The van der Waals surface area contributed by atoms with Gasteiger partial charge in [-0.05, 0) is 46.9 Å². The van der Waals surface area contributed by atoms with E-state index >= 15 is 0 Å². The average molecular weight is 567 g/mol.